The SMILES string of the molecule is Cc1nc(N2CCN(c3ccccc3)CC2)nc2c1Nc1ccccc1S2. The highest BCUT2D eigenvalue weighted by molar-refractivity contribution is 7.99. The molecule has 0 radical (unpaired) electrons. The molecule has 3 heterocycles. The second kappa shape index (κ2) is 6.78. The second-order valence-electron chi connectivity index (χ2n) is 6.82. The van der Waals surface area contributed by atoms with Gasteiger partial charge in [0, 0.05) is 36.8 Å². The average molecular weight is 376 g/mol. The van der Waals surface area contributed by atoms with Gasteiger partial charge in [-0.2, -0.15) is 0 Å². The number of rotatable bonds is 2. The highest BCUT2D eigenvalue weighted by Gasteiger charge is 2.24. The number of para-hydroxylation sites is 2. The molecule has 2 aromatic carbocycles. The van der Waals surface area contributed by atoms with E-state index < -0.39 is 0 Å². The van der Waals surface area contributed by atoms with Crippen molar-refractivity contribution in [1.29, 1.82) is 0 Å². The van der Waals surface area contributed by atoms with E-state index in [1.54, 1.807) is 11.8 Å². The molecule has 1 saturated heterocycles. The van der Waals surface area contributed by atoms with Crippen LogP contribution in [-0.4, -0.2) is 36.1 Å². The highest BCUT2D eigenvalue weighted by Crippen LogP contribution is 2.44. The summed E-state index contributed by atoms with van der Waals surface area (Å²) in [6, 6.07) is 19.0. The summed E-state index contributed by atoms with van der Waals surface area (Å²) < 4.78 is 0. The van der Waals surface area contributed by atoms with Gasteiger partial charge >= 0.3 is 0 Å². The van der Waals surface area contributed by atoms with E-state index >= 15 is 0 Å². The molecule has 0 bridgehead atoms. The van der Waals surface area contributed by atoms with Crippen molar-refractivity contribution in [2.45, 2.75) is 16.8 Å². The Hall–Kier alpha value is -2.73. The van der Waals surface area contributed by atoms with Crippen LogP contribution >= 0.6 is 11.8 Å². The Kier molecular flexibility index (Phi) is 4.13. The summed E-state index contributed by atoms with van der Waals surface area (Å²) in [6.45, 7) is 5.89. The molecule has 0 saturated carbocycles. The van der Waals surface area contributed by atoms with Gasteiger partial charge in [-0.15, -0.1) is 0 Å². The molecular weight excluding hydrogens is 354 g/mol. The van der Waals surface area contributed by atoms with Crippen molar-refractivity contribution in [1.82, 2.24) is 9.97 Å². The van der Waals surface area contributed by atoms with E-state index in [2.05, 4.69) is 70.6 Å². The first-order chi connectivity index (χ1) is 13.3. The van der Waals surface area contributed by atoms with Crippen molar-refractivity contribution >= 4 is 34.8 Å². The van der Waals surface area contributed by atoms with Gasteiger partial charge in [0.05, 0.1) is 17.1 Å². The predicted molar refractivity (Wildman–Crippen MR) is 111 cm³/mol. The molecule has 0 atom stereocenters. The molecule has 1 fully saturated rings. The summed E-state index contributed by atoms with van der Waals surface area (Å²) in [6.07, 6.45) is 0. The smallest absolute Gasteiger partial charge is 0.226 e. The summed E-state index contributed by atoms with van der Waals surface area (Å²) in [7, 11) is 0. The summed E-state index contributed by atoms with van der Waals surface area (Å²) >= 11 is 1.72. The fourth-order valence-corrected chi connectivity index (χ4v) is 4.60. The van der Waals surface area contributed by atoms with E-state index in [0.29, 0.717) is 0 Å². The topological polar surface area (TPSA) is 44.3 Å². The molecule has 0 spiro atoms. The van der Waals surface area contributed by atoms with Gasteiger partial charge in [0.1, 0.15) is 5.03 Å². The van der Waals surface area contributed by atoms with Crippen LogP contribution in [0.2, 0.25) is 0 Å². The van der Waals surface area contributed by atoms with Crippen molar-refractivity contribution in [3.05, 3.63) is 60.3 Å². The van der Waals surface area contributed by atoms with E-state index in [-0.39, 0.29) is 0 Å². The normalized spacial score (nSPS) is 15.7. The largest absolute Gasteiger partial charge is 0.368 e. The van der Waals surface area contributed by atoms with Crippen LogP contribution in [0.25, 0.3) is 0 Å². The van der Waals surface area contributed by atoms with E-state index in [0.717, 1.165) is 54.2 Å². The lowest BCUT2D eigenvalue weighted by molar-refractivity contribution is 0.636. The fourth-order valence-electron chi connectivity index (χ4n) is 3.59. The average Bonchev–Trinajstić information content (AvgIpc) is 2.73. The van der Waals surface area contributed by atoms with Crippen LogP contribution in [0.3, 0.4) is 0 Å². The Balaban J connectivity index is 1.36. The van der Waals surface area contributed by atoms with Crippen LogP contribution in [0.15, 0.2) is 64.5 Å². The Labute approximate surface area is 163 Å². The molecule has 0 aliphatic carbocycles. The number of hydrogen-bond donors (Lipinski definition) is 1. The van der Waals surface area contributed by atoms with Crippen LogP contribution in [-0.2, 0) is 0 Å². The molecule has 0 amide bonds. The Bertz CT molecular complexity index is 968. The number of nitrogens with zero attached hydrogens (tertiary/aromatic N) is 4. The van der Waals surface area contributed by atoms with Gasteiger partial charge in [0.25, 0.3) is 0 Å². The van der Waals surface area contributed by atoms with Crippen molar-refractivity contribution in [3.63, 3.8) is 0 Å². The van der Waals surface area contributed by atoms with Gasteiger partial charge in [-0.05, 0) is 31.2 Å². The van der Waals surface area contributed by atoms with Crippen LogP contribution in [0, 0.1) is 6.92 Å². The second-order valence-corrected chi connectivity index (χ2v) is 7.85. The maximum Gasteiger partial charge on any atom is 0.226 e. The number of piperazine rings is 1. The van der Waals surface area contributed by atoms with Gasteiger partial charge in [0.2, 0.25) is 5.95 Å². The van der Waals surface area contributed by atoms with E-state index in [1.165, 1.54) is 10.6 Å². The van der Waals surface area contributed by atoms with Crippen LogP contribution < -0.4 is 15.1 Å². The van der Waals surface area contributed by atoms with Gasteiger partial charge in [0.15, 0.2) is 0 Å². The van der Waals surface area contributed by atoms with Crippen LogP contribution in [0.4, 0.5) is 23.0 Å². The molecule has 1 N–H and O–H groups in total. The maximum absolute atomic E-state index is 4.89. The van der Waals surface area contributed by atoms with E-state index in [1.807, 2.05) is 6.07 Å². The minimum absolute atomic E-state index is 0.840. The first-order valence-electron chi connectivity index (χ1n) is 9.25. The molecule has 5 nitrogen and oxygen atoms in total. The molecule has 1 aromatic heterocycles. The van der Waals surface area contributed by atoms with E-state index in [9.17, 15) is 0 Å². The lowest BCUT2D eigenvalue weighted by atomic mass is 10.2. The standard InChI is InChI=1S/C21H21N5S/c1-15-19-20(27-18-10-6-5-9-17(18)23-19)24-21(22-15)26-13-11-25(12-14-26)16-7-3-2-4-8-16/h2-10,23H,11-14H2,1H3. The summed E-state index contributed by atoms with van der Waals surface area (Å²) in [5.41, 5.74) is 4.45. The quantitative estimate of drug-likeness (QED) is 0.527. The number of benzene rings is 2. The zero-order chi connectivity index (χ0) is 18.2. The molecular formula is C21H21N5S. The number of hydrogen-bond acceptors (Lipinski definition) is 6. The first-order valence-corrected chi connectivity index (χ1v) is 10.1. The molecule has 0 unspecified atom stereocenters. The number of aromatic nitrogens is 2. The first kappa shape index (κ1) is 16.4. The Morgan fingerprint density at radius 3 is 2.37 bits per heavy atom. The fraction of sp³-hybridized carbons (Fsp3) is 0.238. The predicted octanol–water partition coefficient (Wildman–Crippen LogP) is 4.32. The Morgan fingerprint density at radius 2 is 1.56 bits per heavy atom. The van der Waals surface area contributed by atoms with Gasteiger partial charge < -0.3 is 15.1 Å². The maximum atomic E-state index is 4.89. The third-order valence-electron chi connectivity index (χ3n) is 5.08. The highest BCUT2D eigenvalue weighted by atomic mass is 32.2. The minimum Gasteiger partial charge on any atom is -0.368 e. The number of fused-ring (bicyclic) bond motifs is 2. The third kappa shape index (κ3) is 3.10. The van der Waals surface area contributed by atoms with E-state index in [4.69, 9.17) is 9.97 Å². The zero-order valence-corrected chi connectivity index (χ0v) is 16.0. The molecule has 3 aromatic rings. The molecule has 136 valence electrons. The number of aryl methyl sites for hydroxylation is 1. The van der Waals surface area contributed by atoms with Gasteiger partial charge in [-0.25, -0.2) is 9.97 Å². The van der Waals surface area contributed by atoms with Crippen molar-refractivity contribution in [2.24, 2.45) is 0 Å². The van der Waals surface area contributed by atoms with Crippen molar-refractivity contribution in [3.8, 4) is 0 Å². The zero-order valence-electron chi connectivity index (χ0n) is 15.2. The molecule has 2 aliphatic heterocycles. The summed E-state index contributed by atoms with van der Waals surface area (Å²) in [5, 5.41) is 4.51. The Morgan fingerprint density at radius 1 is 0.852 bits per heavy atom. The molecule has 2 aliphatic rings. The monoisotopic (exact) mass is 375 g/mol. The van der Waals surface area contributed by atoms with Crippen molar-refractivity contribution < 1.29 is 0 Å². The lowest BCUT2D eigenvalue weighted by Crippen LogP contribution is -2.47. The van der Waals surface area contributed by atoms with Crippen molar-refractivity contribution in [2.75, 3.05) is 41.3 Å². The molecule has 5 rings (SSSR count). The van der Waals surface area contributed by atoms with Gasteiger partial charge in [-0.1, -0.05) is 42.1 Å². The number of anilines is 4. The lowest BCUT2D eigenvalue weighted by Gasteiger charge is -2.36. The van der Waals surface area contributed by atoms with Crippen LogP contribution in [0.5, 0.6) is 0 Å². The molecule has 6 heteroatoms. The summed E-state index contributed by atoms with van der Waals surface area (Å²) in [4.78, 5) is 15.6. The van der Waals surface area contributed by atoms with Gasteiger partial charge in [-0.3, -0.25) is 0 Å². The number of nitrogens with one attached hydrogen (secondary N) is 1. The van der Waals surface area contributed by atoms with Crippen LogP contribution in [0.1, 0.15) is 5.69 Å². The summed E-state index contributed by atoms with van der Waals surface area (Å²) in [5.74, 6) is 0.840. The minimum atomic E-state index is 0.840. The third-order valence-corrected chi connectivity index (χ3v) is 6.15. The molecule has 27 heavy (non-hydrogen) atoms.